The van der Waals surface area contributed by atoms with Gasteiger partial charge in [0, 0.05) is 49.2 Å². The number of piperazine rings is 1. The molecule has 3 atom stereocenters. The van der Waals surface area contributed by atoms with Crippen LogP contribution in [0, 0.1) is 5.82 Å². The van der Waals surface area contributed by atoms with Crippen molar-refractivity contribution >= 4 is 23.4 Å². The molecule has 3 heterocycles. The molecule has 0 aromatic heterocycles. The molecular weight excluding hydrogens is 399 g/mol. The molecule has 0 spiro atoms. The van der Waals surface area contributed by atoms with Crippen molar-refractivity contribution in [2.75, 3.05) is 18.0 Å². The highest BCUT2D eigenvalue weighted by atomic mass is 19.1. The summed E-state index contributed by atoms with van der Waals surface area (Å²) in [5, 5.41) is 2.30. The number of nitrogens with one attached hydrogen (secondary N) is 1. The summed E-state index contributed by atoms with van der Waals surface area (Å²) in [4.78, 5) is 42.6. The van der Waals surface area contributed by atoms with Gasteiger partial charge in [-0.25, -0.2) is 4.39 Å². The normalized spacial score (nSPS) is 27.5. The summed E-state index contributed by atoms with van der Waals surface area (Å²) in [6.07, 6.45) is 0.492. The molecule has 3 amide bonds. The van der Waals surface area contributed by atoms with Gasteiger partial charge in [0.1, 0.15) is 11.9 Å². The number of nitrogens with zero attached hydrogens (tertiary/aromatic N) is 3. The van der Waals surface area contributed by atoms with Gasteiger partial charge < -0.3 is 9.80 Å². The first-order valence-electron chi connectivity index (χ1n) is 11.0. The van der Waals surface area contributed by atoms with Crippen LogP contribution in [0.5, 0.6) is 0 Å². The minimum Gasteiger partial charge on any atom is -0.361 e. The molecule has 7 nitrogen and oxygen atoms in total. The summed E-state index contributed by atoms with van der Waals surface area (Å²) in [5.74, 6) is -1.55. The van der Waals surface area contributed by atoms with E-state index in [0.717, 1.165) is 18.7 Å². The molecule has 0 saturated carbocycles. The first kappa shape index (κ1) is 21.7. The Labute approximate surface area is 182 Å². The fourth-order valence-electron chi connectivity index (χ4n) is 5.12. The van der Waals surface area contributed by atoms with Gasteiger partial charge in [0.05, 0.1) is 5.69 Å². The van der Waals surface area contributed by atoms with Crippen LogP contribution >= 0.6 is 0 Å². The summed E-state index contributed by atoms with van der Waals surface area (Å²) < 4.78 is 15.2. The zero-order valence-corrected chi connectivity index (χ0v) is 18.9. The van der Waals surface area contributed by atoms with E-state index in [4.69, 9.17) is 0 Å². The van der Waals surface area contributed by atoms with Crippen molar-refractivity contribution in [2.24, 2.45) is 0 Å². The molecule has 3 aliphatic heterocycles. The fourth-order valence-corrected chi connectivity index (χ4v) is 5.12. The quantitative estimate of drug-likeness (QED) is 0.729. The van der Waals surface area contributed by atoms with Crippen LogP contribution in [0.4, 0.5) is 10.1 Å². The monoisotopic (exact) mass is 430 g/mol. The van der Waals surface area contributed by atoms with E-state index in [1.54, 1.807) is 6.07 Å². The maximum atomic E-state index is 15.2. The number of hydrogen-bond acceptors (Lipinski definition) is 5. The Morgan fingerprint density at radius 1 is 1.06 bits per heavy atom. The number of benzene rings is 1. The van der Waals surface area contributed by atoms with Crippen LogP contribution in [0.15, 0.2) is 12.1 Å². The van der Waals surface area contributed by atoms with Crippen molar-refractivity contribution in [3.63, 3.8) is 0 Å². The van der Waals surface area contributed by atoms with Crippen molar-refractivity contribution in [1.29, 1.82) is 0 Å². The summed E-state index contributed by atoms with van der Waals surface area (Å²) in [6, 6.07) is 2.61. The van der Waals surface area contributed by atoms with Crippen molar-refractivity contribution < 1.29 is 18.8 Å². The molecule has 0 radical (unpaired) electrons. The topological polar surface area (TPSA) is 73.0 Å². The molecule has 2 saturated heterocycles. The molecule has 3 aliphatic rings. The second kappa shape index (κ2) is 7.58. The van der Waals surface area contributed by atoms with Crippen molar-refractivity contribution in [3.05, 3.63) is 29.1 Å². The molecule has 2 unspecified atom stereocenters. The van der Waals surface area contributed by atoms with E-state index < -0.39 is 17.8 Å². The molecule has 1 N–H and O–H groups in total. The minimum atomic E-state index is -0.697. The minimum absolute atomic E-state index is 0.0416. The molecule has 31 heavy (non-hydrogen) atoms. The number of anilines is 1. The lowest BCUT2D eigenvalue weighted by atomic mass is 9.98. The first-order chi connectivity index (χ1) is 14.5. The van der Waals surface area contributed by atoms with E-state index in [0.29, 0.717) is 17.7 Å². The van der Waals surface area contributed by atoms with Crippen LogP contribution < -0.4 is 10.2 Å². The third-order valence-corrected chi connectivity index (χ3v) is 6.74. The average Bonchev–Trinajstić information content (AvgIpc) is 2.96. The molecule has 0 bridgehead atoms. The second-order valence-corrected chi connectivity index (χ2v) is 10.0. The predicted molar refractivity (Wildman–Crippen MR) is 115 cm³/mol. The Morgan fingerprint density at radius 2 is 1.71 bits per heavy atom. The summed E-state index contributed by atoms with van der Waals surface area (Å²) in [5.41, 5.74) is 1.58. The number of imide groups is 1. The molecule has 1 aromatic carbocycles. The smallest absolute Gasteiger partial charge is 0.255 e. The van der Waals surface area contributed by atoms with Gasteiger partial charge in [0.15, 0.2) is 0 Å². The molecule has 4 rings (SSSR count). The Hall–Kier alpha value is -2.48. The second-order valence-electron chi connectivity index (χ2n) is 10.0. The van der Waals surface area contributed by atoms with Crippen LogP contribution in [0.1, 0.15) is 63.4 Å². The highest BCUT2D eigenvalue weighted by molar-refractivity contribution is 6.05. The van der Waals surface area contributed by atoms with E-state index in [1.165, 1.54) is 11.0 Å². The number of hydrogen-bond donors (Lipinski definition) is 1. The number of piperidine rings is 1. The summed E-state index contributed by atoms with van der Waals surface area (Å²) >= 11 is 0. The lowest BCUT2D eigenvalue weighted by Gasteiger charge is -2.50. The predicted octanol–water partition coefficient (Wildman–Crippen LogP) is 2.28. The lowest BCUT2D eigenvalue weighted by Crippen LogP contribution is -2.61. The maximum absolute atomic E-state index is 15.2. The summed E-state index contributed by atoms with van der Waals surface area (Å²) in [6.45, 7) is 12.7. The number of amides is 3. The van der Waals surface area contributed by atoms with Crippen LogP contribution in [-0.2, 0) is 16.1 Å². The van der Waals surface area contributed by atoms with Crippen LogP contribution in [0.3, 0.4) is 0 Å². The molecule has 1 aromatic rings. The third-order valence-electron chi connectivity index (χ3n) is 6.74. The van der Waals surface area contributed by atoms with E-state index in [2.05, 4.69) is 49.7 Å². The Bertz CT molecular complexity index is 929. The van der Waals surface area contributed by atoms with Crippen molar-refractivity contribution in [2.45, 2.75) is 77.7 Å². The maximum Gasteiger partial charge on any atom is 0.255 e. The van der Waals surface area contributed by atoms with E-state index >= 15 is 4.39 Å². The van der Waals surface area contributed by atoms with Gasteiger partial charge >= 0.3 is 0 Å². The number of rotatable bonds is 2. The first-order valence-corrected chi connectivity index (χ1v) is 11.0. The zero-order valence-electron chi connectivity index (χ0n) is 18.9. The van der Waals surface area contributed by atoms with Gasteiger partial charge in [-0.1, -0.05) is 0 Å². The standard InChI is InChI=1S/C23H31FN4O3/c1-13-10-26(23(3,4)5)11-14(2)28(13)19-8-15-12-27(22(31)16(15)9-17(19)24)18-6-7-20(29)25-21(18)30/h8-9,13-14,18H,6-7,10-12H2,1-5H3,(H,25,29,30)/t13?,14?,18-/m0/s1. The Balaban J connectivity index is 1.60. The van der Waals surface area contributed by atoms with Gasteiger partial charge in [-0.2, -0.15) is 0 Å². The van der Waals surface area contributed by atoms with Crippen LogP contribution in [-0.4, -0.2) is 64.3 Å². The van der Waals surface area contributed by atoms with Crippen LogP contribution in [0.25, 0.3) is 0 Å². The van der Waals surface area contributed by atoms with Gasteiger partial charge in [-0.15, -0.1) is 0 Å². The number of halogens is 1. The largest absolute Gasteiger partial charge is 0.361 e. The molecule has 0 aliphatic carbocycles. The van der Waals surface area contributed by atoms with E-state index in [-0.39, 0.29) is 42.4 Å². The highest BCUT2D eigenvalue weighted by Gasteiger charge is 2.41. The molecular formula is C23H31FN4O3. The van der Waals surface area contributed by atoms with Gasteiger partial charge in [0.25, 0.3) is 5.91 Å². The highest BCUT2D eigenvalue weighted by Crippen LogP contribution is 2.35. The van der Waals surface area contributed by atoms with Crippen molar-refractivity contribution in [1.82, 2.24) is 15.1 Å². The number of fused-ring (bicyclic) bond motifs is 1. The van der Waals surface area contributed by atoms with Gasteiger partial charge in [0.2, 0.25) is 11.8 Å². The molecule has 8 heteroatoms. The third kappa shape index (κ3) is 3.82. The van der Waals surface area contributed by atoms with E-state index in [9.17, 15) is 14.4 Å². The Kier molecular flexibility index (Phi) is 5.32. The SMILES string of the molecule is CC1CN(C(C)(C)C)CC(C)N1c1cc2c(cc1F)C(=O)N([C@H]1CCC(=O)NC1=O)C2. The van der Waals surface area contributed by atoms with Crippen molar-refractivity contribution in [3.8, 4) is 0 Å². The van der Waals surface area contributed by atoms with Gasteiger partial charge in [-0.05, 0) is 58.7 Å². The van der Waals surface area contributed by atoms with Gasteiger partial charge in [-0.3, -0.25) is 24.6 Å². The molecule has 2 fully saturated rings. The lowest BCUT2D eigenvalue weighted by molar-refractivity contribution is -0.136. The molecule has 168 valence electrons. The summed E-state index contributed by atoms with van der Waals surface area (Å²) in [7, 11) is 0. The van der Waals surface area contributed by atoms with E-state index in [1.807, 2.05) is 0 Å². The number of carbonyl (C=O) groups excluding carboxylic acids is 3. The van der Waals surface area contributed by atoms with Crippen LogP contribution in [0.2, 0.25) is 0 Å². The zero-order chi connectivity index (χ0) is 22.7. The number of carbonyl (C=O) groups is 3. The fraction of sp³-hybridized carbons (Fsp3) is 0.609. The Morgan fingerprint density at radius 3 is 2.29 bits per heavy atom. The average molecular weight is 431 g/mol.